The van der Waals surface area contributed by atoms with Crippen LogP contribution in [0, 0.1) is 17.0 Å². The highest BCUT2D eigenvalue weighted by molar-refractivity contribution is 5.95. The molecule has 0 unspecified atom stereocenters. The van der Waals surface area contributed by atoms with E-state index in [0.29, 0.717) is 5.69 Å². The smallest absolute Gasteiger partial charge is 0.288 e. The summed E-state index contributed by atoms with van der Waals surface area (Å²) < 4.78 is 0. The third-order valence-electron chi connectivity index (χ3n) is 1.92. The molecular weight excluding hydrogens is 198 g/mol. The number of carbonyl (C=O) groups excluding carboxylic acids is 1. The van der Waals surface area contributed by atoms with Crippen LogP contribution in [-0.4, -0.2) is 34.8 Å². The first-order valence-corrected chi connectivity index (χ1v) is 4.26. The molecule has 0 aliphatic carbocycles. The number of pyridine rings is 1. The van der Waals surface area contributed by atoms with Crippen molar-refractivity contribution >= 4 is 11.6 Å². The summed E-state index contributed by atoms with van der Waals surface area (Å²) in [4.78, 5) is 26.7. The number of carbonyl (C=O) groups is 1. The average Bonchev–Trinajstić information content (AvgIpc) is 2.16. The highest BCUT2D eigenvalue weighted by atomic mass is 16.6. The molecule has 0 saturated carbocycles. The SMILES string of the molecule is Cc1ncc([N+](=O)[O-])cc1C(=O)N(C)C. The number of nitrogens with zero attached hydrogens (tertiary/aromatic N) is 3. The normalized spacial score (nSPS) is 9.80. The minimum absolute atomic E-state index is 0.175. The van der Waals surface area contributed by atoms with Crippen LogP contribution in [0.25, 0.3) is 0 Å². The summed E-state index contributed by atoms with van der Waals surface area (Å²) in [5.74, 6) is -0.288. The van der Waals surface area contributed by atoms with E-state index < -0.39 is 4.92 Å². The van der Waals surface area contributed by atoms with E-state index in [1.54, 1.807) is 21.0 Å². The molecule has 6 heteroatoms. The van der Waals surface area contributed by atoms with Crippen LogP contribution in [0.2, 0.25) is 0 Å². The maximum absolute atomic E-state index is 11.6. The largest absolute Gasteiger partial charge is 0.345 e. The quantitative estimate of drug-likeness (QED) is 0.537. The summed E-state index contributed by atoms with van der Waals surface area (Å²) in [7, 11) is 3.17. The highest BCUT2D eigenvalue weighted by Gasteiger charge is 2.16. The lowest BCUT2D eigenvalue weighted by molar-refractivity contribution is -0.385. The van der Waals surface area contributed by atoms with Gasteiger partial charge in [-0.3, -0.25) is 19.9 Å². The van der Waals surface area contributed by atoms with Gasteiger partial charge in [-0.15, -0.1) is 0 Å². The Kier molecular flexibility index (Phi) is 2.99. The van der Waals surface area contributed by atoms with Gasteiger partial charge in [0.05, 0.1) is 16.2 Å². The second-order valence-electron chi connectivity index (χ2n) is 3.28. The van der Waals surface area contributed by atoms with Crippen molar-refractivity contribution in [2.75, 3.05) is 14.1 Å². The summed E-state index contributed by atoms with van der Waals surface area (Å²) in [6.45, 7) is 1.64. The molecule has 1 aromatic rings. The van der Waals surface area contributed by atoms with Crippen molar-refractivity contribution in [3.63, 3.8) is 0 Å². The molecule has 0 spiro atoms. The number of aryl methyl sites for hydroxylation is 1. The number of hydrogen-bond acceptors (Lipinski definition) is 4. The van der Waals surface area contributed by atoms with Crippen molar-refractivity contribution in [2.24, 2.45) is 0 Å². The fourth-order valence-electron chi connectivity index (χ4n) is 1.08. The molecule has 0 saturated heterocycles. The highest BCUT2D eigenvalue weighted by Crippen LogP contribution is 2.15. The van der Waals surface area contributed by atoms with E-state index in [0.717, 1.165) is 6.20 Å². The zero-order valence-corrected chi connectivity index (χ0v) is 8.72. The Labute approximate surface area is 86.7 Å². The van der Waals surface area contributed by atoms with Gasteiger partial charge in [0.2, 0.25) is 0 Å². The zero-order chi connectivity index (χ0) is 11.6. The monoisotopic (exact) mass is 209 g/mol. The molecule has 0 aliphatic rings. The van der Waals surface area contributed by atoms with Crippen LogP contribution < -0.4 is 0 Å². The summed E-state index contributed by atoms with van der Waals surface area (Å²) >= 11 is 0. The Hall–Kier alpha value is -1.98. The summed E-state index contributed by atoms with van der Waals surface area (Å²) in [5.41, 5.74) is 0.569. The first kappa shape index (κ1) is 11.1. The fraction of sp³-hybridized carbons (Fsp3) is 0.333. The molecule has 15 heavy (non-hydrogen) atoms. The molecule has 1 amide bonds. The van der Waals surface area contributed by atoms with E-state index in [1.807, 2.05) is 0 Å². The second-order valence-corrected chi connectivity index (χ2v) is 3.28. The van der Waals surface area contributed by atoms with E-state index in [-0.39, 0.29) is 17.2 Å². The molecule has 1 rings (SSSR count). The third-order valence-corrected chi connectivity index (χ3v) is 1.92. The minimum atomic E-state index is -0.571. The third kappa shape index (κ3) is 2.28. The number of rotatable bonds is 2. The molecule has 1 heterocycles. The van der Waals surface area contributed by atoms with Gasteiger partial charge in [0.1, 0.15) is 6.20 Å². The standard InChI is InChI=1S/C9H11N3O3/c1-6-8(9(13)11(2)3)4-7(5-10-6)12(14)15/h4-5H,1-3H3. The lowest BCUT2D eigenvalue weighted by Gasteiger charge is -2.11. The van der Waals surface area contributed by atoms with Crippen molar-refractivity contribution in [3.8, 4) is 0 Å². The van der Waals surface area contributed by atoms with E-state index >= 15 is 0 Å². The van der Waals surface area contributed by atoms with Crippen LogP contribution in [0.15, 0.2) is 12.3 Å². The van der Waals surface area contributed by atoms with Gasteiger partial charge in [0, 0.05) is 20.2 Å². The van der Waals surface area contributed by atoms with Gasteiger partial charge in [0.25, 0.3) is 11.6 Å². The van der Waals surface area contributed by atoms with Crippen LogP contribution in [0.1, 0.15) is 16.1 Å². The van der Waals surface area contributed by atoms with E-state index in [4.69, 9.17) is 0 Å². The maximum Gasteiger partial charge on any atom is 0.288 e. The van der Waals surface area contributed by atoms with Gasteiger partial charge < -0.3 is 4.90 Å². The summed E-state index contributed by atoms with van der Waals surface area (Å²) in [6.07, 6.45) is 1.14. The Bertz CT molecular complexity index is 415. The van der Waals surface area contributed by atoms with Gasteiger partial charge in [0.15, 0.2) is 0 Å². The van der Waals surface area contributed by atoms with E-state index in [2.05, 4.69) is 4.98 Å². The lowest BCUT2D eigenvalue weighted by atomic mass is 10.1. The van der Waals surface area contributed by atoms with Crippen molar-refractivity contribution in [2.45, 2.75) is 6.92 Å². The van der Waals surface area contributed by atoms with Crippen LogP contribution in [0.4, 0.5) is 5.69 Å². The second kappa shape index (κ2) is 4.04. The summed E-state index contributed by atoms with van der Waals surface area (Å²) in [5, 5.41) is 10.5. The molecular formula is C9H11N3O3. The fourth-order valence-corrected chi connectivity index (χ4v) is 1.08. The molecule has 80 valence electrons. The minimum Gasteiger partial charge on any atom is -0.345 e. The molecule has 0 N–H and O–H groups in total. The number of aromatic nitrogens is 1. The molecule has 1 aromatic heterocycles. The van der Waals surface area contributed by atoms with Crippen LogP contribution in [0.3, 0.4) is 0 Å². The zero-order valence-electron chi connectivity index (χ0n) is 8.72. The van der Waals surface area contributed by atoms with Crippen molar-refractivity contribution in [1.29, 1.82) is 0 Å². The van der Waals surface area contributed by atoms with Crippen LogP contribution in [0.5, 0.6) is 0 Å². The topological polar surface area (TPSA) is 76.3 Å². The Balaban J connectivity index is 3.22. The van der Waals surface area contributed by atoms with Gasteiger partial charge >= 0.3 is 0 Å². The predicted molar refractivity (Wildman–Crippen MR) is 53.6 cm³/mol. The van der Waals surface area contributed by atoms with Gasteiger partial charge in [-0.05, 0) is 6.92 Å². The predicted octanol–water partition coefficient (Wildman–Crippen LogP) is 1.00. The molecule has 0 fully saturated rings. The maximum atomic E-state index is 11.6. The Morgan fingerprint density at radius 3 is 2.60 bits per heavy atom. The molecule has 0 aliphatic heterocycles. The van der Waals surface area contributed by atoms with E-state index in [9.17, 15) is 14.9 Å². The average molecular weight is 209 g/mol. The summed E-state index contributed by atoms with van der Waals surface area (Å²) in [6, 6.07) is 1.24. The van der Waals surface area contributed by atoms with Crippen molar-refractivity contribution in [3.05, 3.63) is 33.6 Å². The number of hydrogen-bond donors (Lipinski definition) is 0. The van der Waals surface area contributed by atoms with Crippen molar-refractivity contribution < 1.29 is 9.72 Å². The number of nitro groups is 1. The van der Waals surface area contributed by atoms with Gasteiger partial charge in [-0.1, -0.05) is 0 Å². The molecule has 0 aromatic carbocycles. The van der Waals surface area contributed by atoms with Gasteiger partial charge in [-0.2, -0.15) is 0 Å². The Morgan fingerprint density at radius 1 is 1.53 bits per heavy atom. The first-order valence-electron chi connectivity index (χ1n) is 4.26. The van der Waals surface area contributed by atoms with Crippen molar-refractivity contribution in [1.82, 2.24) is 9.88 Å². The van der Waals surface area contributed by atoms with Crippen LogP contribution >= 0.6 is 0 Å². The van der Waals surface area contributed by atoms with E-state index in [1.165, 1.54) is 11.0 Å². The molecule has 6 nitrogen and oxygen atoms in total. The molecule has 0 atom stereocenters. The molecule has 0 bridgehead atoms. The first-order chi connectivity index (χ1) is 6.93. The Morgan fingerprint density at radius 2 is 2.13 bits per heavy atom. The van der Waals surface area contributed by atoms with Gasteiger partial charge in [-0.25, -0.2) is 0 Å². The number of amides is 1. The lowest BCUT2D eigenvalue weighted by Crippen LogP contribution is -2.23. The van der Waals surface area contributed by atoms with Crippen LogP contribution in [-0.2, 0) is 0 Å². The molecule has 0 radical (unpaired) electrons.